The molecule has 0 saturated heterocycles. The second-order valence-electron chi connectivity index (χ2n) is 4.73. The molecule has 0 spiro atoms. The number of rotatable bonds is 5. The topological polar surface area (TPSA) is 29.9 Å². The van der Waals surface area contributed by atoms with Crippen molar-refractivity contribution in [1.82, 2.24) is 14.9 Å². The van der Waals surface area contributed by atoms with E-state index in [-0.39, 0.29) is 0 Å². The van der Waals surface area contributed by atoms with E-state index < -0.39 is 11.7 Å². The molecule has 1 heterocycles. The van der Waals surface area contributed by atoms with Crippen LogP contribution in [0, 0.1) is 0 Å². The van der Waals surface area contributed by atoms with Gasteiger partial charge >= 0.3 is 6.18 Å². The van der Waals surface area contributed by atoms with Crippen LogP contribution < -0.4 is 5.32 Å². The maximum atomic E-state index is 12.7. The highest BCUT2D eigenvalue weighted by atomic mass is 19.4. The first-order valence-electron chi connectivity index (χ1n) is 6.68. The fourth-order valence-electron chi connectivity index (χ4n) is 2.26. The van der Waals surface area contributed by atoms with Gasteiger partial charge in [0.2, 0.25) is 0 Å². The van der Waals surface area contributed by atoms with Gasteiger partial charge in [0.1, 0.15) is 5.82 Å². The van der Waals surface area contributed by atoms with Crippen molar-refractivity contribution in [3.8, 4) is 0 Å². The molecule has 6 heteroatoms. The lowest BCUT2D eigenvalue weighted by molar-refractivity contribution is -0.137. The lowest BCUT2D eigenvalue weighted by Crippen LogP contribution is -2.14. The molecular formula is C14H18F3N3. The lowest BCUT2D eigenvalue weighted by atomic mass is 10.2. The summed E-state index contributed by atoms with van der Waals surface area (Å²) in [7, 11) is 1.84. The predicted molar refractivity (Wildman–Crippen MR) is 72.7 cm³/mol. The van der Waals surface area contributed by atoms with Gasteiger partial charge in [-0.2, -0.15) is 13.2 Å². The van der Waals surface area contributed by atoms with Gasteiger partial charge < -0.3 is 9.88 Å². The normalized spacial score (nSPS) is 12.2. The average Bonchev–Trinajstić information content (AvgIpc) is 2.73. The molecule has 0 aliphatic heterocycles. The van der Waals surface area contributed by atoms with E-state index in [4.69, 9.17) is 0 Å². The third-order valence-corrected chi connectivity index (χ3v) is 3.20. The Kier molecular flexibility index (Phi) is 4.32. The molecule has 0 amide bonds. The van der Waals surface area contributed by atoms with Gasteiger partial charge in [0.15, 0.2) is 0 Å². The fraction of sp³-hybridized carbons (Fsp3) is 0.500. The van der Waals surface area contributed by atoms with Crippen molar-refractivity contribution in [2.75, 3.05) is 13.6 Å². The zero-order chi connectivity index (χ0) is 14.8. The zero-order valence-electron chi connectivity index (χ0n) is 11.6. The highest BCUT2D eigenvalue weighted by Crippen LogP contribution is 2.31. The number of benzene rings is 1. The maximum Gasteiger partial charge on any atom is 0.416 e. The molecule has 0 fully saturated rings. The Labute approximate surface area is 115 Å². The van der Waals surface area contributed by atoms with Crippen LogP contribution in [0.4, 0.5) is 13.2 Å². The number of nitrogens with zero attached hydrogens (tertiary/aromatic N) is 2. The van der Waals surface area contributed by atoms with Crippen LogP contribution in [0.3, 0.4) is 0 Å². The van der Waals surface area contributed by atoms with Crippen molar-refractivity contribution in [2.45, 2.75) is 32.5 Å². The molecule has 110 valence electrons. The number of alkyl halides is 3. The Morgan fingerprint density at radius 3 is 2.65 bits per heavy atom. The average molecular weight is 285 g/mol. The molecular weight excluding hydrogens is 267 g/mol. The minimum atomic E-state index is -4.33. The minimum absolute atomic E-state index is 0.416. The highest BCUT2D eigenvalue weighted by Gasteiger charge is 2.31. The van der Waals surface area contributed by atoms with Crippen LogP contribution in [0.15, 0.2) is 18.2 Å². The smallest absolute Gasteiger partial charge is 0.328 e. The summed E-state index contributed by atoms with van der Waals surface area (Å²) in [5, 5.41) is 3.03. The van der Waals surface area contributed by atoms with E-state index in [1.54, 1.807) is 0 Å². The maximum absolute atomic E-state index is 12.7. The summed E-state index contributed by atoms with van der Waals surface area (Å²) in [5.41, 5.74) is 0.539. The molecule has 2 rings (SSSR count). The van der Waals surface area contributed by atoms with E-state index in [9.17, 15) is 13.2 Å². The number of halogens is 3. The standard InChI is InChI=1S/C14H18F3N3/c1-3-8-20-12-5-4-10(14(15,16)17)9-11(12)19-13(20)6-7-18-2/h4-5,9,18H,3,6-8H2,1-2H3. The molecule has 1 N–H and O–H groups in total. The number of hydrogen-bond donors (Lipinski definition) is 1. The molecule has 0 aliphatic rings. The van der Waals surface area contributed by atoms with Crippen LogP contribution in [0.2, 0.25) is 0 Å². The number of aromatic nitrogens is 2. The van der Waals surface area contributed by atoms with Gasteiger partial charge in [-0.15, -0.1) is 0 Å². The summed E-state index contributed by atoms with van der Waals surface area (Å²) < 4.78 is 40.2. The lowest BCUT2D eigenvalue weighted by Gasteiger charge is -2.08. The van der Waals surface area contributed by atoms with Crippen LogP contribution in [0.25, 0.3) is 11.0 Å². The molecule has 0 aliphatic carbocycles. The summed E-state index contributed by atoms with van der Waals surface area (Å²) in [5.74, 6) is 0.829. The van der Waals surface area contributed by atoms with Crippen LogP contribution >= 0.6 is 0 Å². The van der Waals surface area contributed by atoms with E-state index in [0.717, 1.165) is 43.0 Å². The van der Waals surface area contributed by atoms with E-state index in [0.29, 0.717) is 11.9 Å². The number of nitrogens with one attached hydrogen (secondary N) is 1. The Hall–Kier alpha value is -1.56. The summed E-state index contributed by atoms with van der Waals surface area (Å²) in [6.45, 7) is 3.55. The Bertz CT molecular complexity index is 587. The second-order valence-corrected chi connectivity index (χ2v) is 4.73. The first-order valence-corrected chi connectivity index (χ1v) is 6.68. The Balaban J connectivity index is 2.49. The van der Waals surface area contributed by atoms with Gasteiger partial charge in [-0.1, -0.05) is 6.92 Å². The molecule has 0 radical (unpaired) electrons. The van der Waals surface area contributed by atoms with Gasteiger partial charge in [0.25, 0.3) is 0 Å². The summed E-state index contributed by atoms with van der Waals surface area (Å²) >= 11 is 0. The van der Waals surface area contributed by atoms with Gasteiger partial charge in [-0.3, -0.25) is 0 Å². The van der Waals surface area contributed by atoms with Gasteiger partial charge in [0, 0.05) is 19.5 Å². The van der Waals surface area contributed by atoms with Crippen molar-refractivity contribution >= 4 is 11.0 Å². The molecule has 2 aromatic rings. The van der Waals surface area contributed by atoms with Gasteiger partial charge in [0.05, 0.1) is 16.6 Å². The molecule has 20 heavy (non-hydrogen) atoms. The van der Waals surface area contributed by atoms with E-state index in [2.05, 4.69) is 10.3 Å². The van der Waals surface area contributed by atoms with Crippen molar-refractivity contribution in [3.63, 3.8) is 0 Å². The molecule has 1 aromatic carbocycles. The highest BCUT2D eigenvalue weighted by molar-refractivity contribution is 5.77. The number of imidazole rings is 1. The van der Waals surface area contributed by atoms with E-state index in [1.807, 2.05) is 18.5 Å². The monoisotopic (exact) mass is 285 g/mol. The number of hydrogen-bond acceptors (Lipinski definition) is 2. The number of likely N-dealkylation sites (N-methyl/N-ethyl adjacent to an activating group) is 1. The second kappa shape index (κ2) is 5.83. The predicted octanol–water partition coefficient (Wildman–Crippen LogP) is 3.23. The summed E-state index contributed by atoms with van der Waals surface area (Å²) in [6.07, 6.45) is -2.71. The van der Waals surface area contributed by atoms with E-state index in [1.165, 1.54) is 6.07 Å². The fourth-order valence-corrected chi connectivity index (χ4v) is 2.26. The van der Waals surface area contributed by atoms with Crippen LogP contribution in [-0.4, -0.2) is 23.1 Å². The minimum Gasteiger partial charge on any atom is -0.328 e. The van der Waals surface area contributed by atoms with Crippen LogP contribution in [-0.2, 0) is 19.1 Å². The molecule has 3 nitrogen and oxygen atoms in total. The van der Waals surface area contributed by atoms with Crippen LogP contribution in [0.1, 0.15) is 24.7 Å². The molecule has 0 bridgehead atoms. The largest absolute Gasteiger partial charge is 0.416 e. The Morgan fingerprint density at radius 1 is 1.30 bits per heavy atom. The third-order valence-electron chi connectivity index (χ3n) is 3.20. The number of aryl methyl sites for hydroxylation is 1. The van der Waals surface area contributed by atoms with Crippen molar-refractivity contribution in [3.05, 3.63) is 29.6 Å². The van der Waals surface area contributed by atoms with Gasteiger partial charge in [-0.25, -0.2) is 4.98 Å². The van der Waals surface area contributed by atoms with Gasteiger partial charge in [-0.05, 0) is 31.7 Å². The summed E-state index contributed by atoms with van der Waals surface area (Å²) in [4.78, 5) is 4.37. The van der Waals surface area contributed by atoms with Crippen molar-refractivity contribution in [1.29, 1.82) is 0 Å². The Morgan fingerprint density at radius 2 is 2.05 bits per heavy atom. The number of fused-ring (bicyclic) bond motifs is 1. The van der Waals surface area contributed by atoms with Crippen molar-refractivity contribution in [2.24, 2.45) is 0 Å². The molecule has 0 atom stereocenters. The zero-order valence-corrected chi connectivity index (χ0v) is 11.6. The third kappa shape index (κ3) is 2.95. The first kappa shape index (κ1) is 14.8. The molecule has 0 saturated carbocycles. The van der Waals surface area contributed by atoms with E-state index >= 15 is 0 Å². The van der Waals surface area contributed by atoms with Crippen LogP contribution in [0.5, 0.6) is 0 Å². The SMILES string of the molecule is CCCn1c(CCNC)nc2cc(C(F)(F)F)ccc21. The van der Waals surface area contributed by atoms with Crippen molar-refractivity contribution < 1.29 is 13.2 Å². The quantitative estimate of drug-likeness (QED) is 0.914. The molecule has 0 unspecified atom stereocenters. The molecule has 1 aromatic heterocycles. The first-order chi connectivity index (χ1) is 9.47. The summed E-state index contributed by atoms with van der Waals surface area (Å²) in [6, 6.07) is 3.77.